The zero-order chi connectivity index (χ0) is 17.8. The number of aryl methyl sites for hydroxylation is 2. The van der Waals surface area contributed by atoms with Gasteiger partial charge in [0.15, 0.2) is 5.96 Å². The molecule has 8 heteroatoms. The van der Waals surface area contributed by atoms with Crippen LogP contribution in [0.4, 0.5) is 5.69 Å². The fourth-order valence-electron chi connectivity index (χ4n) is 2.97. The van der Waals surface area contributed by atoms with Crippen molar-refractivity contribution in [2.45, 2.75) is 32.9 Å². The Labute approximate surface area is 184 Å². The van der Waals surface area contributed by atoms with Crippen LogP contribution in [-0.4, -0.2) is 37.1 Å². The number of nitrogens with zero attached hydrogens (tertiary/aromatic N) is 3. The molecule has 2 aromatic rings. The van der Waals surface area contributed by atoms with Crippen LogP contribution in [0, 0.1) is 13.8 Å². The smallest absolute Gasteiger partial charge is 0.191 e. The first kappa shape index (κ1) is 21.4. The normalized spacial score (nSPS) is 17.2. The molecule has 142 valence electrons. The molecule has 0 saturated carbocycles. The molecule has 0 spiro atoms. The number of para-hydroxylation sites is 1. The molecule has 0 radical (unpaired) electrons. The lowest BCUT2D eigenvalue weighted by Gasteiger charge is -2.21. The van der Waals surface area contributed by atoms with E-state index in [1.54, 1.807) is 11.3 Å². The molecule has 0 bridgehead atoms. The average molecular weight is 550 g/mol. The number of hydrogen-bond donors (Lipinski definition) is 2. The molecule has 1 unspecified atom stereocenters. The molecule has 26 heavy (non-hydrogen) atoms. The summed E-state index contributed by atoms with van der Waals surface area (Å²) in [5.41, 5.74) is 2.37. The fraction of sp³-hybridized carbons (Fsp3) is 0.444. The minimum atomic E-state index is 0. The summed E-state index contributed by atoms with van der Waals surface area (Å²) in [6, 6.07) is 8.77. The van der Waals surface area contributed by atoms with Gasteiger partial charge in [0.05, 0.1) is 17.9 Å². The van der Waals surface area contributed by atoms with E-state index in [1.165, 1.54) is 10.6 Å². The second kappa shape index (κ2) is 9.89. The first-order valence-electron chi connectivity index (χ1n) is 8.46. The molecule has 2 heterocycles. The van der Waals surface area contributed by atoms with E-state index in [0.717, 1.165) is 40.6 Å². The second-order valence-corrected chi connectivity index (χ2v) is 8.34. The number of anilines is 1. The van der Waals surface area contributed by atoms with Crippen molar-refractivity contribution in [2.24, 2.45) is 4.99 Å². The van der Waals surface area contributed by atoms with Gasteiger partial charge in [0.25, 0.3) is 0 Å². The van der Waals surface area contributed by atoms with E-state index in [1.807, 2.05) is 13.1 Å². The highest BCUT2D eigenvalue weighted by molar-refractivity contribution is 14.0. The monoisotopic (exact) mass is 549 g/mol. The summed E-state index contributed by atoms with van der Waals surface area (Å²) in [6.07, 6.45) is 1.09. The van der Waals surface area contributed by atoms with Gasteiger partial charge in [-0.25, -0.2) is 4.98 Å². The van der Waals surface area contributed by atoms with Crippen LogP contribution < -0.4 is 15.5 Å². The Morgan fingerprint density at radius 3 is 2.81 bits per heavy atom. The van der Waals surface area contributed by atoms with Gasteiger partial charge in [-0.05, 0) is 48.3 Å². The molecule has 1 aliphatic heterocycles. The number of halogens is 2. The Morgan fingerprint density at radius 1 is 1.38 bits per heavy atom. The van der Waals surface area contributed by atoms with E-state index in [0.29, 0.717) is 12.6 Å². The number of hydrogen-bond acceptors (Lipinski definition) is 4. The summed E-state index contributed by atoms with van der Waals surface area (Å²) in [7, 11) is 1.81. The maximum absolute atomic E-state index is 4.57. The molecule has 2 N–H and O–H groups in total. The average Bonchev–Trinajstić information content (AvgIpc) is 3.19. The van der Waals surface area contributed by atoms with Crippen LogP contribution in [0.3, 0.4) is 0 Å². The van der Waals surface area contributed by atoms with Gasteiger partial charge in [-0.1, -0.05) is 12.1 Å². The molecule has 1 aromatic heterocycles. The predicted molar refractivity (Wildman–Crippen MR) is 125 cm³/mol. The zero-order valence-corrected chi connectivity index (χ0v) is 20.0. The zero-order valence-electron chi connectivity index (χ0n) is 15.3. The molecule has 0 amide bonds. The van der Waals surface area contributed by atoms with Crippen LogP contribution in [0.15, 0.2) is 33.7 Å². The largest absolute Gasteiger partial charge is 0.368 e. The van der Waals surface area contributed by atoms with Gasteiger partial charge >= 0.3 is 0 Å². The molecule has 1 aromatic carbocycles. The third kappa shape index (κ3) is 5.32. The van der Waals surface area contributed by atoms with Crippen LogP contribution in [0.2, 0.25) is 0 Å². The quantitative estimate of drug-likeness (QED) is 0.343. The number of aromatic nitrogens is 1. The second-order valence-electron chi connectivity index (χ2n) is 6.20. The Bertz CT molecular complexity index is 744. The van der Waals surface area contributed by atoms with Gasteiger partial charge in [0, 0.05) is 35.5 Å². The van der Waals surface area contributed by atoms with E-state index in [9.17, 15) is 0 Å². The standard InChI is InChI=1S/C18H24BrN5S.HI/c1-12-13(2)25-17(22-12)10-21-18(20-3)23-14-8-9-24(11-14)16-7-5-4-6-15(16)19;/h4-7,14H,8-11H2,1-3H3,(H2,20,21,23);1H. The van der Waals surface area contributed by atoms with E-state index in [-0.39, 0.29) is 24.0 Å². The molecule has 1 saturated heterocycles. The third-order valence-electron chi connectivity index (χ3n) is 4.43. The van der Waals surface area contributed by atoms with Crippen LogP contribution in [-0.2, 0) is 6.54 Å². The Balaban J connectivity index is 0.00000243. The predicted octanol–water partition coefficient (Wildman–Crippen LogP) is 4.08. The van der Waals surface area contributed by atoms with Crippen molar-refractivity contribution in [3.8, 4) is 0 Å². The lowest BCUT2D eigenvalue weighted by Crippen LogP contribution is -2.44. The summed E-state index contributed by atoms with van der Waals surface area (Å²) in [5.74, 6) is 0.837. The van der Waals surface area contributed by atoms with Crippen molar-refractivity contribution in [3.63, 3.8) is 0 Å². The van der Waals surface area contributed by atoms with E-state index in [4.69, 9.17) is 0 Å². The number of nitrogens with one attached hydrogen (secondary N) is 2. The molecular formula is C18H25BrIN5S. The van der Waals surface area contributed by atoms with E-state index < -0.39 is 0 Å². The third-order valence-corrected chi connectivity index (χ3v) is 6.17. The summed E-state index contributed by atoms with van der Waals surface area (Å²) in [6.45, 7) is 6.89. The van der Waals surface area contributed by atoms with Crippen molar-refractivity contribution in [2.75, 3.05) is 25.0 Å². The lowest BCUT2D eigenvalue weighted by molar-refractivity contribution is 0.648. The summed E-state index contributed by atoms with van der Waals surface area (Å²) < 4.78 is 1.15. The molecule has 1 fully saturated rings. The maximum atomic E-state index is 4.57. The highest BCUT2D eigenvalue weighted by Crippen LogP contribution is 2.28. The van der Waals surface area contributed by atoms with Crippen molar-refractivity contribution < 1.29 is 0 Å². The van der Waals surface area contributed by atoms with Gasteiger partial charge in [-0.15, -0.1) is 35.3 Å². The Kier molecular flexibility index (Phi) is 8.15. The number of thiazole rings is 1. The van der Waals surface area contributed by atoms with Gasteiger partial charge in [-0.3, -0.25) is 4.99 Å². The van der Waals surface area contributed by atoms with Crippen molar-refractivity contribution >= 4 is 62.9 Å². The molecule has 3 rings (SSSR count). The summed E-state index contributed by atoms with van der Waals surface area (Å²) in [5, 5.41) is 8.01. The minimum Gasteiger partial charge on any atom is -0.368 e. The van der Waals surface area contributed by atoms with Gasteiger partial charge in [0.2, 0.25) is 0 Å². The minimum absolute atomic E-state index is 0. The van der Waals surface area contributed by atoms with Crippen molar-refractivity contribution in [3.05, 3.63) is 44.3 Å². The first-order valence-corrected chi connectivity index (χ1v) is 10.1. The van der Waals surface area contributed by atoms with Gasteiger partial charge < -0.3 is 15.5 Å². The molecule has 5 nitrogen and oxygen atoms in total. The van der Waals surface area contributed by atoms with Crippen molar-refractivity contribution in [1.29, 1.82) is 0 Å². The van der Waals surface area contributed by atoms with E-state index >= 15 is 0 Å². The first-order chi connectivity index (χ1) is 12.1. The highest BCUT2D eigenvalue weighted by atomic mass is 127. The molecule has 0 aliphatic carbocycles. The number of benzene rings is 1. The van der Waals surface area contributed by atoms with Gasteiger partial charge in [0.1, 0.15) is 5.01 Å². The molecule has 1 aliphatic rings. The van der Waals surface area contributed by atoms with Crippen LogP contribution in [0.5, 0.6) is 0 Å². The topological polar surface area (TPSA) is 52.6 Å². The number of aliphatic imine (C=N–C) groups is 1. The lowest BCUT2D eigenvalue weighted by atomic mass is 10.3. The summed E-state index contributed by atoms with van der Waals surface area (Å²) in [4.78, 5) is 12.6. The van der Waals surface area contributed by atoms with E-state index in [2.05, 4.69) is 73.5 Å². The number of guanidine groups is 1. The van der Waals surface area contributed by atoms with Crippen LogP contribution in [0.25, 0.3) is 0 Å². The SMILES string of the molecule is CN=C(NCc1nc(C)c(C)s1)NC1CCN(c2ccccc2Br)C1.I. The van der Waals surface area contributed by atoms with Gasteiger partial charge in [-0.2, -0.15) is 0 Å². The maximum Gasteiger partial charge on any atom is 0.191 e. The Hall–Kier alpha value is -0.870. The Morgan fingerprint density at radius 2 is 2.15 bits per heavy atom. The summed E-state index contributed by atoms with van der Waals surface area (Å²) >= 11 is 5.38. The van der Waals surface area contributed by atoms with Crippen LogP contribution in [0.1, 0.15) is 22.0 Å². The molecule has 1 atom stereocenters. The van der Waals surface area contributed by atoms with Crippen molar-refractivity contribution in [1.82, 2.24) is 15.6 Å². The number of rotatable bonds is 4. The molecular weight excluding hydrogens is 525 g/mol. The highest BCUT2D eigenvalue weighted by Gasteiger charge is 2.24. The van der Waals surface area contributed by atoms with Crippen LogP contribution >= 0.6 is 51.2 Å². The fourth-order valence-corrected chi connectivity index (χ4v) is 4.38.